The van der Waals surface area contributed by atoms with E-state index in [4.69, 9.17) is 5.73 Å². The summed E-state index contributed by atoms with van der Waals surface area (Å²) in [6.45, 7) is 5.38. The summed E-state index contributed by atoms with van der Waals surface area (Å²) in [5.41, 5.74) is 7.71. The quantitative estimate of drug-likeness (QED) is 0.717. The summed E-state index contributed by atoms with van der Waals surface area (Å²) >= 11 is 0. The molecule has 112 valence electrons. The van der Waals surface area contributed by atoms with E-state index in [1.165, 1.54) is 6.42 Å². The Labute approximate surface area is 122 Å². The normalized spacial score (nSPS) is 12.0. The first-order valence-corrected chi connectivity index (χ1v) is 7.39. The molecule has 4 nitrogen and oxygen atoms in total. The SMILES string of the molecule is CCCCCNC(=O)C(C)N(C)c1ccc(CN)cc1. The number of unbranched alkanes of at least 4 members (excludes halogenated alkanes) is 2. The molecule has 20 heavy (non-hydrogen) atoms. The van der Waals surface area contributed by atoms with Crippen LogP contribution in [0.1, 0.15) is 38.7 Å². The second kappa shape index (κ2) is 8.59. The first-order valence-electron chi connectivity index (χ1n) is 7.39. The fourth-order valence-corrected chi connectivity index (χ4v) is 2.00. The third-order valence-electron chi connectivity index (χ3n) is 3.62. The van der Waals surface area contributed by atoms with Crippen molar-refractivity contribution in [3.8, 4) is 0 Å². The van der Waals surface area contributed by atoms with Crippen molar-refractivity contribution >= 4 is 11.6 Å². The monoisotopic (exact) mass is 277 g/mol. The van der Waals surface area contributed by atoms with E-state index in [0.29, 0.717) is 6.54 Å². The van der Waals surface area contributed by atoms with E-state index in [9.17, 15) is 4.79 Å². The Hall–Kier alpha value is -1.55. The standard InChI is InChI=1S/C16H27N3O/c1-4-5-6-11-18-16(20)13(2)19(3)15-9-7-14(12-17)8-10-15/h7-10,13H,4-6,11-12,17H2,1-3H3,(H,18,20). The van der Waals surface area contributed by atoms with Crippen molar-refractivity contribution in [2.45, 2.75) is 45.7 Å². The Morgan fingerprint density at radius 2 is 1.95 bits per heavy atom. The predicted octanol–water partition coefficient (Wildman–Crippen LogP) is 2.28. The highest BCUT2D eigenvalue weighted by Gasteiger charge is 2.17. The number of carbonyl (C=O) groups is 1. The molecule has 3 N–H and O–H groups in total. The van der Waals surface area contributed by atoms with Crippen molar-refractivity contribution in [1.82, 2.24) is 5.32 Å². The number of benzene rings is 1. The van der Waals surface area contributed by atoms with Gasteiger partial charge in [-0.25, -0.2) is 0 Å². The van der Waals surface area contributed by atoms with Gasteiger partial charge in [-0.3, -0.25) is 4.79 Å². The zero-order valence-electron chi connectivity index (χ0n) is 12.9. The molecule has 0 aliphatic heterocycles. The molecule has 0 saturated carbocycles. The maximum atomic E-state index is 12.1. The fraction of sp³-hybridized carbons (Fsp3) is 0.562. The third kappa shape index (κ3) is 4.85. The van der Waals surface area contributed by atoms with Gasteiger partial charge in [0.2, 0.25) is 5.91 Å². The van der Waals surface area contributed by atoms with E-state index in [1.54, 1.807) is 0 Å². The average Bonchev–Trinajstić information content (AvgIpc) is 2.50. The van der Waals surface area contributed by atoms with Crippen molar-refractivity contribution in [2.75, 3.05) is 18.5 Å². The number of amides is 1. The van der Waals surface area contributed by atoms with Gasteiger partial charge in [0.15, 0.2) is 0 Å². The summed E-state index contributed by atoms with van der Waals surface area (Å²) in [5, 5.41) is 2.99. The van der Waals surface area contributed by atoms with Crippen LogP contribution in [-0.4, -0.2) is 25.5 Å². The van der Waals surface area contributed by atoms with Crippen LogP contribution < -0.4 is 16.0 Å². The number of nitrogens with zero attached hydrogens (tertiary/aromatic N) is 1. The Kier molecular flexibility index (Phi) is 7.09. The largest absolute Gasteiger partial charge is 0.363 e. The number of likely N-dealkylation sites (N-methyl/N-ethyl adjacent to an activating group) is 1. The lowest BCUT2D eigenvalue weighted by Gasteiger charge is -2.26. The highest BCUT2D eigenvalue weighted by molar-refractivity contribution is 5.84. The lowest BCUT2D eigenvalue weighted by atomic mass is 10.1. The van der Waals surface area contributed by atoms with Crippen LogP contribution in [0.25, 0.3) is 0 Å². The summed E-state index contributed by atoms with van der Waals surface area (Å²) in [6.07, 6.45) is 3.37. The van der Waals surface area contributed by atoms with Crippen LogP contribution in [0.3, 0.4) is 0 Å². The molecule has 0 bridgehead atoms. The van der Waals surface area contributed by atoms with Crippen molar-refractivity contribution < 1.29 is 4.79 Å². The fourth-order valence-electron chi connectivity index (χ4n) is 2.00. The van der Waals surface area contributed by atoms with Gasteiger partial charge in [-0.05, 0) is 31.0 Å². The molecule has 1 amide bonds. The molecule has 0 aromatic heterocycles. The first kappa shape index (κ1) is 16.5. The van der Waals surface area contributed by atoms with Crippen LogP contribution in [0.4, 0.5) is 5.69 Å². The van der Waals surface area contributed by atoms with E-state index < -0.39 is 0 Å². The predicted molar refractivity (Wildman–Crippen MR) is 84.7 cm³/mol. The van der Waals surface area contributed by atoms with Crippen molar-refractivity contribution in [2.24, 2.45) is 5.73 Å². The Bertz CT molecular complexity index is 403. The molecular weight excluding hydrogens is 250 g/mol. The van der Waals surface area contributed by atoms with Crippen LogP contribution in [0.2, 0.25) is 0 Å². The molecule has 0 fully saturated rings. The van der Waals surface area contributed by atoms with Crippen molar-refractivity contribution in [3.63, 3.8) is 0 Å². The van der Waals surface area contributed by atoms with E-state index in [-0.39, 0.29) is 11.9 Å². The van der Waals surface area contributed by atoms with Crippen LogP contribution in [0.15, 0.2) is 24.3 Å². The van der Waals surface area contributed by atoms with Gasteiger partial charge < -0.3 is 16.0 Å². The molecule has 4 heteroatoms. The Morgan fingerprint density at radius 1 is 1.30 bits per heavy atom. The second-order valence-electron chi connectivity index (χ2n) is 5.16. The van der Waals surface area contributed by atoms with Gasteiger partial charge in [0.1, 0.15) is 6.04 Å². The Balaban J connectivity index is 2.51. The van der Waals surface area contributed by atoms with Gasteiger partial charge in [-0.1, -0.05) is 31.9 Å². The van der Waals surface area contributed by atoms with Crippen molar-refractivity contribution in [1.29, 1.82) is 0 Å². The summed E-state index contributed by atoms with van der Waals surface area (Å²) < 4.78 is 0. The summed E-state index contributed by atoms with van der Waals surface area (Å²) in [4.78, 5) is 14.1. The number of nitrogens with two attached hydrogens (primary N) is 1. The smallest absolute Gasteiger partial charge is 0.242 e. The van der Waals surface area contributed by atoms with E-state index in [2.05, 4.69) is 12.2 Å². The molecule has 1 rings (SSSR count). The minimum Gasteiger partial charge on any atom is -0.363 e. The lowest BCUT2D eigenvalue weighted by molar-refractivity contribution is -0.122. The summed E-state index contributed by atoms with van der Waals surface area (Å²) in [6, 6.07) is 7.82. The molecule has 1 atom stereocenters. The first-order chi connectivity index (χ1) is 9.60. The van der Waals surface area contributed by atoms with Crippen LogP contribution in [-0.2, 0) is 11.3 Å². The molecule has 0 aliphatic rings. The third-order valence-corrected chi connectivity index (χ3v) is 3.62. The molecule has 1 aromatic rings. The number of anilines is 1. The van der Waals surface area contributed by atoms with Crippen LogP contribution >= 0.6 is 0 Å². The molecule has 0 saturated heterocycles. The maximum Gasteiger partial charge on any atom is 0.242 e. The van der Waals surface area contributed by atoms with Crippen molar-refractivity contribution in [3.05, 3.63) is 29.8 Å². The molecule has 0 aliphatic carbocycles. The maximum absolute atomic E-state index is 12.1. The number of carbonyl (C=O) groups excluding carboxylic acids is 1. The minimum absolute atomic E-state index is 0.0755. The zero-order chi connectivity index (χ0) is 15.0. The molecule has 1 unspecified atom stereocenters. The van der Waals surface area contributed by atoms with Gasteiger partial charge >= 0.3 is 0 Å². The van der Waals surface area contributed by atoms with Gasteiger partial charge in [-0.2, -0.15) is 0 Å². The average molecular weight is 277 g/mol. The highest BCUT2D eigenvalue weighted by atomic mass is 16.2. The second-order valence-corrected chi connectivity index (χ2v) is 5.16. The topological polar surface area (TPSA) is 58.4 Å². The van der Waals surface area contributed by atoms with E-state index >= 15 is 0 Å². The molecule has 0 heterocycles. The van der Waals surface area contributed by atoms with Gasteiger partial charge in [0, 0.05) is 25.8 Å². The number of hydrogen-bond donors (Lipinski definition) is 2. The molecule has 0 spiro atoms. The van der Waals surface area contributed by atoms with Gasteiger partial charge in [0.25, 0.3) is 0 Å². The Morgan fingerprint density at radius 3 is 2.50 bits per heavy atom. The summed E-state index contributed by atoms with van der Waals surface area (Å²) in [5.74, 6) is 0.0755. The van der Waals surface area contributed by atoms with Crippen LogP contribution in [0, 0.1) is 0 Å². The van der Waals surface area contributed by atoms with Gasteiger partial charge in [-0.15, -0.1) is 0 Å². The number of rotatable bonds is 8. The number of nitrogens with one attached hydrogen (secondary N) is 1. The number of hydrogen-bond acceptors (Lipinski definition) is 3. The molecule has 1 aromatic carbocycles. The zero-order valence-corrected chi connectivity index (χ0v) is 12.9. The van der Waals surface area contributed by atoms with E-state index in [0.717, 1.165) is 30.6 Å². The minimum atomic E-state index is -0.180. The molecular formula is C16H27N3O. The lowest BCUT2D eigenvalue weighted by Crippen LogP contribution is -2.43. The van der Waals surface area contributed by atoms with Gasteiger partial charge in [0.05, 0.1) is 0 Å². The van der Waals surface area contributed by atoms with Crippen LogP contribution in [0.5, 0.6) is 0 Å². The van der Waals surface area contributed by atoms with E-state index in [1.807, 2.05) is 43.1 Å². The molecule has 0 radical (unpaired) electrons. The summed E-state index contributed by atoms with van der Waals surface area (Å²) in [7, 11) is 1.94. The highest BCUT2D eigenvalue weighted by Crippen LogP contribution is 2.16.